The molecule has 0 aliphatic carbocycles. The minimum atomic E-state index is -5.52. The number of aliphatic hydroxyl groups is 2. The van der Waals surface area contributed by atoms with E-state index in [1.165, 1.54) is 13.8 Å². The second-order valence-electron chi connectivity index (χ2n) is 10.9. The average Bonchev–Trinajstić information content (AvgIpc) is 3.54. The van der Waals surface area contributed by atoms with Crippen molar-refractivity contribution in [1.29, 1.82) is 0 Å². The third-order valence-electron chi connectivity index (χ3n) is 6.55. The van der Waals surface area contributed by atoms with E-state index in [9.17, 15) is 53.4 Å². The Morgan fingerprint density at radius 2 is 1.81 bits per heavy atom. The molecule has 23 nitrogen and oxygen atoms in total. The third kappa shape index (κ3) is 11.3. The van der Waals surface area contributed by atoms with Gasteiger partial charge in [-0.25, -0.2) is 0 Å². The number of carbonyl (C=O) groups is 2. The molecule has 2 aromatic rings. The molecule has 1 aliphatic rings. The van der Waals surface area contributed by atoms with Gasteiger partial charge >= 0.3 is 203 Å². The van der Waals surface area contributed by atoms with Crippen molar-refractivity contribution in [2.45, 2.75) is 50.9 Å². The predicted octanol–water partition coefficient (Wildman–Crippen LogP) is -2.37. The van der Waals surface area contributed by atoms with Crippen LogP contribution < -0.4 is 16.4 Å². The van der Waals surface area contributed by atoms with Gasteiger partial charge in [0.15, 0.2) is 0 Å². The van der Waals surface area contributed by atoms with E-state index < -0.39 is 79.0 Å². The first-order valence-electron chi connectivity index (χ1n) is 13.8. The van der Waals surface area contributed by atoms with Crippen molar-refractivity contribution in [2.75, 3.05) is 37.8 Å². The van der Waals surface area contributed by atoms with Gasteiger partial charge < -0.3 is 15.7 Å². The monoisotopic (exact) mass is 769 g/mol. The van der Waals surface area contributed by atoms with Crippen molar-refractivity contribution in [3.05, 3.63) is 12.7 Å². The number of hydrogen-bond acceptors (Lipinski definition) is 19. The van der Waals surface area contributed by atoms with E-state index in [0.717, 1.165) is 17.2 Å². The zero-order valence-electron chi connectivity index (χ0n) is 25.3. The first-order valence-corrected chi connectivity index (χ1v) is 19.1. The van der Waals surface area contributed by atoms with Crippen LogP contribution in [0.5, 0.6) is 0 Å². The molecule has 27 heteroatoms. The molecule has 0 saturated carbocycles. The van der Waals surface area contributed by atoms with Gasteiger partial charge in [-0.15, -0.1) is 0 Å². The number of nitrogen functional groups attached to an aromatic ring is 1. The fourth-order valence-electron chi connectivity index (χ4n) is 4.17. The number of fused-ring (bicyclic) bond motifs is 1. The van der Waals surface area contributed by atoms with Crippen LogP contribution in [0.4, 0.5) is 5.82 Å². The zero-order valence-corrected chi connectivity index (χ0v) is 29.0. The molecule has 48 heavy (non-hydrogen) atoms. The van der Waals surface area contributed by atoms with Gasteiger partial charge in [-0.1, -0.05) is 0 Å². The molecule has 7 atom stereocenters. The first-order chi connectivity index (χ1) is 22.2. The number of imidazole rings is 1. The van der Waals surface area contributed by atoms with E-state index in [-0.39, 0.29) is 35.9 Å². The van der Waals surface area contributed by atoms with Gasteiger partial charge in [0.25, 0.3) is 0 Å². The van der Waals surface area contributed by atoms with E-state index in [4.69, 9.17) is 24.0 Å². The summed E-state index contributed by atoms with van der Waals surface area (Å²) in [4.78, 5) is 84.5. The van der Waals surface area contributed by atoms with Crippen molar-refractivity contribution in [1.82, 2.24) is 30.2 Å². The van der Waals surface area contributed by atoms with E-state index in [0.29, 0.717) is 12.3 Å². The number of nitrogens with zero attached hydrogens (tertiary/aromatic N) is 4. The van der Waals surface area contributed by atoms with Crippen molar-refractivity contribution < 1.29 is 76.0 Å². The van der Waals surface area contributed by atoms with Gasteiger partial charge in [0, 0.05) is 25.3 Å². The van der Waals surface area contributed by atoms with Crippen LogP contribution in [0.1, 0.15) is 26.5 Å². The summed E-state index contributed by atoms with van der Waals surface area (Å²) in [7, 11) is -16.3. The molecule has 1 saturated heterocycles. The number of aliphatic hydroxyl groups excluding tert-OH is 2. The van der Waals surface area contributed by atoms with Crippen LogP contribution in [-0.4, -0.2) is 122 Å². The molecule has 11 N–H and O–H groups in total. The third-order valence-corrected chi connectivity index (χ3v) is 9.94. The maximum atomic E-state index is 12.6. The number of phosphoric ester groups is 2. The molecule has 0 bridgehead atoms. The van der Waals surface area contributed by atoms with Crippen LogP contribution in [0.2, 0.25) is 0 Å². The molecule has 1 fully saturated rings. The number of thiol groups is 1. The number of carbonyl (C=O) groups excluding carboxylic acids is 2. The molecular formula is C21H38N7O16P3S. The van der Waals surface area contributed by atoms with E-state index in [1.807, 2.05) is 0 Å². The summed E-state index contributed by atoms with van der Waals surface area (Å²) in [5.41, 5.74) is 4.35. The summed E-state index contributed by atoms with van der Waals surface area (Å²) in [6.07, 6.45) is -6.50. The normalized spacial score (nSPS) is 23.7. The maximum absolute atomic E-state index is 12.6. The van der Waals surface area contributed by atoms with Gasteiger partial charge in [0.05, 0.1) is 0 Å². The van der Waals surface area contributed by atoms with E-state index >= 15 is 0 Å². The Morgan fingerprint density at radius 3 is 2.46 bits per heavy atom. The minimum Gasteiger partial charge on any atom is -0.383 e. The zero-order chi connectivity index (χ0) is 36.1. The number of aromatic nitrogens is 4. The Bertz CT molecular complexity index is 1530. The fourth-order valence-corrected chi connectivity index (χ4v) is 7.19. The quantitative estimate of drug-likeness (QED) is 0.0557. The molecule has 2 aromatic heterocycles. The Morgan fingerprint density at radius 1 is 1.15 bits per heavy atom. The topological polar surface area (TPSA) is 350 Å². The predicted molar refractivity (Wildman–Crippen MR) is 166 cm³/mol. The molecule has 0 spiro atoms. The Balaban J connectivity index is 1.60. The Hall–Kier alpha value is -1.95. The second kappa shape index (κ2) is 16.4. The van der Waals surface area contributed by atoms with Crippen LogP contribution in [-0.2, 0) is 41.3 Å². The summed E-state index contributed by atoms with van der Waals surface area (Å²) < 4.78 is 50.4. The van der Waals surface area contributed by atoms with Crippen LogP contribution in [0.25, 0.3) is 11.2 Å². The molecule has 1 aliphatic heterocycles. The average molecular weight is 770 g/mol. The molecule has 2 amide bonds. The van der Waals surface area contributed by atoms with Crippen LogP contribution in [0.15, 0.2) is 12.7 Å². The Kier molecular flexibility index (Phi) is 13.8. The number of phosphoric acid groups is 2. The van der Waals surface area contributed by atoms with Crippen molar-refractivity contribution >= 4 is 65.2 Å². The number of ether oxygens (including phenoxy) is 1. The Labute approximate surface area is 278 Å². The number of nitrogens with two attached hydrogens (primary N) is 1. The number of anilines is 1. The standard InChI is InChI=1S/C21H38N7O16P3S/c1-21(2,16(31)19(32)24-4-3-12(29)23-5-6-48)8-41-47(38,39)44-46(36,37)40-7-11-15(43-45(33,34)35)14(30)20(42-11)28-10-27-13-17(22)25-9-26-18(13)28/h9-11,14-16,20,30-31,33-35,45,48H,3-8H2,1-2H3,(H,23,29)(H,24,32)(H,36,37)(H,38,39)(H2,22,25,26)/t11-,14+,15+,16-,20-/m0/s1. The number of hydrogen-bond donors (Lipinski definition) is 11. The number of nitrogens with one attached hydrogen (secondary N) is 2. The van der Waals surface area contributed by atoms with Crippen LogP contribution >= 0.6 is 36.4 Å². The van der Waals surface area contributed by atoms with Gasteiger partial charge in [0.2, 0.25) is 11.8 Å². The first kappa shape index (κ1) is 40.5. The molecule has 274 valence electrons. The van der Waals surface area contributed by atoms with Gasteiger partial charge in [-0.3, -0.25) is 9.59 Å². The van der Waals surface area contributed by atoms with Gasteiger partial charge in [0.1, 0.15) is 0 Å². The summed E-state index contributed by atoms with van der Waals surface area (Å²) in [6.45, 7) is 0.781. The smallest absolute Gasteiger partial charge is 0.383 e. The molecule has 3 rings (SSSR count). The SMILES string of the molecule is CC(C)(COP(=O)(O)OP(=O)(O)OC[C@@H]1O[C@H](n2cnc3c(N)ncnc32)[C@H](O)[C@@H]1O[PH](O)(O)O)[C@@H](O)C(=O)NCCC(=O)NCCS. The summed E-state index contributed by atoms with van der Waals surface area (Å²) in [5.74, 6) is -0.921. The van der Waals surface area contributed by atoms with Gasteiger partial charge in [-0.2, -0.15) is 12.6 Å². The number of rotatable bonds is 18. The molecule has 3 heterocycles. The summed E-state index contributed by atoms with van der Waals surface area (Å²) in [6, 6.07) is 0. The fraction of sp³-hybridized carbons (Fsp3) is 0.667. The van der Waals surface area contributed by atoms with E-state index in [2.05, 4.69) is 42.5 Å². The molecular weight excluding hydrogens is 731 g/mol. The van der Waals surface area contributed by atoms with Crippen molar-refractivity contribution in [3.63, 3.8) is 0 Å². The van der Waals surface area contributed by atoms with E-state index in [1.54, 1.807) is 0 Å². The second-order valence-corrected chi connectivity index (χ2v) is 15.8. The molecule has 0 aromatic carbocycles. The van der Waals surface area contributed by atoms with Gasteiger partial charge in [-0.05, 0) is 0 Å². The molecule has 2 unspecified atom stereocenters. The van der Waals surface area contributed by atoms with Crippen LogP contribution in [0.3, 0.4) is 0 Å². The van der Waals surface area contributed by atoms with Crippen molar-refractivity contribution in [3.8, 4) is 0 Å². The molecule has 0 radical (unpaired) electrons. The van der Waals surface area contributed by atoms with Crippen LogP contribution in [0, 0.1) is 5.41 Å². The summed E-state index contributed by atoms with van der Waals surface area (Å²) >= 11 is 3.95. The van der Waals surface area contributed by atoms with Crippen molar-refractivity contribution in [2.24, 2.45) is 5.41 Å². The number of amides is 2. The summed E-state index contributed by atoms with van der Waals surface area (Å²) in [5, 5.41) is 26.1. The minimum absolute atomic E-state index is 0.0249.